The molecule has 3 N–H and O–H groups in total. The number of carbonyl (C=O) groups is 1. The van der Waals surface area contributed by atoms with Crippen molar-refractivity contribution in [3.8, 4) is 5.75 Å². The predicted molar refractivity (Wildman–Crippen MR) is 66.4 cm³/mol. The number of carboxylic acid groups (broad SMARTS) is 1. The fourth-order valence-electron chi connectivity index (χ4n) is 1.44. The number of unbranched alkanes of at least 4 members (excludes halogenated alkanes) is 1. The van der Waals surface area contributed by atoms with E-state index >= 15 is 0 Å². The molecule has 1 rings (SSSR count). The minimum Gasteiger partial charge on any atom is -0.494 e. The molecule has 106 valence electrons. The summed E-state index contributed by atoms with van der Waals surface area (Å²) < 4.78 is 32.7. The molecule has 4 nitrogen and oxygen atoms in total. The summed E-state index contributed by atoms with van der Waals surface area (Å²) in [5, 5.41) is 8.55. The lowest BCUT2D eigenvalue weighted by Crippen LogP contribution is -2.45. The van der Waals surface area contributed by atoms with Crippen LogP contribution in [0.2, 0.25) is 0 Å². The molecule has 0 heterocycles. The molecule has 1 aromatic rings. The molecule has 6 heteroatoms. The van der Waals surface area contributed by atoms with Crippen molar-refractivity contribution in [1.82, 2.24) is 0 Å². The summed E-state index contributed by atoms with van der Waals surface area (Å²) in [4.78, 5) is 10.5. The number of rotatable bonds is 7. The molecule has 0 saturated heterocycles. The van der Waals surface area contributed by atoms with Crippen molar-refractivity contribution < 1.29 is 23.4 Å². The number of benzene rings is 1. The van der Waals surface area contributed by atoms with Crippen LogP contribution in [0.1, 0.15) is 25.3 Å². The molecule has 0 spiro atoms. The van der Waals surface area contributed by atoms with Gasteiger partial charge >= 0.3 is 5.97 Å². The highest BCUT2D eigenvalue weighted by molar-refractivity contribution is 5.74. The molecule has 0 radical (unpaired) electrons. The Morgan fingerprint density at radius 2 is 2.00 bits per heavy atom. The summed E-state index contributed by atoms with van der Waals surface area (Å²) in [6, 6.07) is 2.76. The normalized spacial score (nSPS) is 13.1. The number of ether oxygens (including phenoxy) is 1. The minimum atomic E-state index is -3.62. The number of halogens is 2. The summed E-state index contributed by atoms with van der Waals surface area (Å²) in [6.07, 6.45) is 1.85. The van der Waals surface area contributed by atoms with Gasteiger partial charge in [0.25, 0.3) is 5.92 Å². The summed E-state index contributed by atoms with van der Waals surface area (Å²) in [5.41, 5.74) is 4.54. The van der Waals surface area contributed by atoms with Gasteiger partial charge in [-0.25, -0.2) is 0 Å². The smallest absolute Gasteiger partial charge is 0.327 e. The fourth-order valence-corrected chi connectivity index (χ4v) is 1.44. The summed E-state index contributed by atoms with van der Waals surface area (Å²) in [6.45, 7) is 2.53. The number of hydrogen-bond donors (Lipinski definition) is 2. The number of hydrogen-bond acceptors (Lipinski definition) is 3. The van der Waals surface area contributed by atoms with Crippen LogP contribution in [0.3, 0.4) is 0 Å². The number of nitrogens with two attached hydrogens (primary N) is 1. The van der Waals surface area contributed by atoms with E-state index in [1.165, 1.54) is 12.1 Å². The predicted octanol–water partition coefficient (Wildman–Crippen LogP) is 2.37. The van der Waals surface area contributed by atoms with Gasteiger partial charge in [0.2, 0.25) is 0 Å². The van der Waals surface area contributed by atoms with Crippen LogP contribution in [0.4, 0.5) is 8.78 Å². The van der Waals surface area contributed by atoms with E-state index in [0.29, 0.717) is 12.4 Å². The molecule has 0 aliphatic heterocycles. The Bertz CT molecular complexity index is 420. The molecule has 0 amide bonds. The first-order chi connectivity index (χ1) is 8.89. The van der Waals surface area contributed by atoms with Crippen LogP contribution in [0, 0.1) is 0 Å². The van der Waals surface area contributed by atoms with Gasteiger partial charge in [0.15, 0.2) is 6.04 Å². The lowest BCUT2D eigenvalue weighted by molar-refractivity contribution is -0.149. The maximum absolute atomic E-state index is 13.7. The van der Waals surface area contributed by atoms with E-state index in [1.54, 1.807) is 0 Å². The second-order valence-electron chi connectivity index (χ2n) is 4.17. The van der Waals surface area contributed by atoms with Crippen LogP contribution in [0.25, 0.3) is 0 Å². The number of carboxylic acids is 1. The van der Waals surface area contributed by atoms with Gasteiger partial charge in [-0.05, 0) is 30.7 Å². The van der Waals surface area contributed by atoms with Crippen LogP contribution in [0.15, 0.2) is 24.3 Å². The van der Waals surface area contributed by atoms with Crippen molar-refractivity contribution in [2.75, 3.05) is 6.61 Å². The number of aliphatic carboxylic acids is 1. The Morgan fingerprint density at radius 3 is 2.47 bits per heavy atom. The summed E-state index contributed by atoms with van der Waals surface area (Å²) in [7, 11) is 0. The highest BCUT2D eigenvalue weighted by atomic mass is 19.3. The van der Waals surface area contributed by atoms with Gasteiger partial charge in [0, 0.05) is 5.56 Å². The van der Waals surface area contributed by atoms with Gasteiger partial charge in [-0.15, -0.1) is 0 Å². The van der Waals surface area contributed by atoms with Crippen molar-refractivity contribution in [3.05, 3.63) is 29.8 Å². The maximum Gasteiger partial charge on any atom is 0.327 e. The molecule has 0 bridgehead atoms. The van der Waals surface area contributed by atoms with Crippen LogP contribution < -0.4 is 10.5 Å². The Hall–Kier alpha value is -1.69. The SMILES string of the molecule is CCCCOc1ccc(C(F)(F)C(N)C(=O)O)cc1. The first-order valence-corrected chi connectivity index (χ1v) is 5.99. The van der Waals surface area contributed by atoms with E-state index in [-0.39, 0.29) is 0 Å². The second kappa shape index (κ2) is 6.47. The van der Waals surface area contributed by atoms with Crippen molar-refractivity contribution in [2.45, 2.75) is 31.7 Å². The summed E-state index contributed by atoms with van der Waals surface area (Å²) >= 11 is 0. The Morgan fingerprint density at radius 1 is 1.42 bits per heavy atom. The third-order valence-electron chi connectivity index (χ3n) is 2.66. The fraction of sp³-hybridized carbons (Fsp3) is 0.462. The van der Waals surface area contributed by atoms with Crippen LogP contribution in [0.5, 0.6) is 5.75 Å². The van der Waals surface area contributed by atoms with E-state index in [9.17, 15) is 13.6 Å². The Balaban J connectivity index is 2.77. The van der Waals surface area contributed by atoms with Gasteiger partial charge in [0.05, 0.1) is 6.61 Å². The zero-order valence-corrected chi connectivity index (χ0v) is 10.6. The van der Waals surface area contributed by atoms with E-state index < -0.39 is 23.5 Å². The molecule has 1 unspecified atom stereocenters. The third-order valence-corrected chi connectivity index (χ3v) is 2.66. The second-order valence-corrected chi connectivity index (χ2v) is 4.17. The Labute approximate surface area is 110 Å². The lowest BCUT2D eigenvalue weighted by Gasteiger charge is -2.20. The van der Waals surface area contributed by atoms with Gasteiger partial charge in [0.1, 0.15) is 5.75 Å². The topological polar surface area (TPSA) is 72.5 Å². The molecule has 0 aliphatic rings. The minimum absolute atomic E-state index is 0.440. The molecule has 0 fully saturated rings. The van der Waals surface area contributed by atoms with E-state index in [2.05, 4.69) is 0 Å². The zero-order chi connectivity index (χ0) is 14.5. The molecular weight excluding hydrogens is 256 g/mol. The van der Waals surface area contributed by atoms with Gasteiger partial charge < -0.3 is 15.6 Å². The van der Waals surface area contributed by atoms with Crippen molar-refractivity contribution in [3.63, 3.8) is 0 Å². The molecule has 0 aliphatic carbocycles. The van der Waals surface area contributed by atoms with E-state index in [1.807, 2.05) is 6.92 Å². The number of alkyl halides is 2. The standard InChI is InChI=1S/C13H17F2NO3/c1-2-3-8-19-10-6-4-9(5-7-10)13(14,15)11(16)12(17)18/h4-7,11H,2-3,8,16H2,1H3,(H,17,18). The highest BCUT2D eigenvalue weighted by Gasteiger charge is 2.43. The van der Waals surface area contributed by atoms with Crippen LogP contribution in [-0.4, -0.2) is 23.7 Å². The Kier molecular flexibility index (Phi) is 5.23. The van der Waals surface area contributed by atoms with E-state index in [4.69, 9.17) is 15.6 Å². The largest absolute Gasteiger partial charge is 0.494 e. The van der Waals surface area contributed by atoms with Gasteiger partial charge in [-0.2, -0.15) is 8.78 Å². The zero-order valence-electron chi connectivity index (χ0n) is 10.6. The molecule has 0 aromatic heterocycles. The quantitative estimate of drug-likeness (QED) is 0.748. The molecule has 1 aromatic carbocycles. The van der Waals surface area contributed by atoms with Gasteiger partial charge in [-0.3, -0.25) is 4.79 Å². The van der Waals surface area contributed by atoms with Crippen molar-refractivity contribution >= 4 is 5.97 Å². The first-order valence-electron chi connectivity index (χ1n) is 5.99. The van der Waals surface area contributed by atoms with Crippen LogP contribution >= 0.6 is 0 Å². The highest BCUT2D eigenvalue weighted by Crippen LogP contribution is 2.32. The first kappa shape index (κ1) is 15.4. The van der Waals surface area contributed by atoms with Crippen molar-refractivity contribution in [2.24, 2.45) is 5.73 Å². The molecular formula is C13H17F2NO3. The monoisotopic (exact) mass is 273 g/mol. The van der Waals surface area contributed by atoms with Crippen molar-refractivity contribution in [1.29, 1.82) is 0 Å². The maximum atomic E-state index is 13.7. The molecule has 1 atom stereocenters. The van der Waals surface area contributed by atoms with E-state index in [0.717, 1.165) is 25.0 Å². The average molecular weight is 273 g/mol. The van der Waals surface area contributed by atoms with Crippen LogP contribution in [-0.2, 0) is 10.7 Å². The molecule has 0 saturated carbocycles. The average Bonchev–Trinajstić information content (AvgIpc) is 2.38. The lowest BCUT2D eigenvalue weighted by atomic mass is 10.0. The van der Waals surface area contributed by atoms with Gasteiger partial charge in [-0.1, -0.05) is 13.3 Å². The summed E-state index contributed by atoms with van der Waals surface area (Å²) in [5.74, 6) is -4.89. The molecule has 19 heavy (non-hydrogen) atoms. The third kappa shape index (κ3) is 3.89.